The number of thiazole rings is 1. The number of carbonyl (C=O) groups excluding carboxylic acids is 1. The van der Waals surface area contributed by atoms with Crippen LogP contribution in [0.3, 0.4) is 0 Å². The Morgan fingerprint density at radius 1 is 1.43 bits per heavy atom. The fraction of sp³-hybridized carbons (Fsp3) is 0.167. The van der Waals surface area contributed by atoms with Crippen molar-refractivity contribution < 1.29 is 13.2 Å². The lowest BCUT2D eigenvalue weighted by Crippen LogP contribution is -2.13. The Hall–Kier alpha value is -1.64. The number of sulfonamides is 1. The van der Waals surface area contributed by atoms with Gasteiger partial charge >= 0.3 is 0 Å². The van der Waals surface area contributed by atoms with Gasteiger partial charge in [0.1, 0.15) is 5.69 Å². The normalized spacial score (nSPS) is 11.4. The molecule has 0 unspecified atom stereocenters. The second-order valence-electron chi connectivity index (χ2n) is 4.34. The smallest absolute Gasteiger partial charge is 0.263 e. The molecule has 0 aliphatic heterocycles. The highest BCUT2D eigenvalue weighted by molar-refractivity contribution is 7.93. The number of benzene rings is 1. The van der Waals surface area contributed by atoms with E-state index in [1.165, 1.54) is 24.4 Å². The summed E-state index contributed by atoms with van der Waals surface area (Å²) in [5.41, 5.74) is 6.62. The molecule has 0 saturated heterocycles. The van der Waals surface area contributed by atoms with Crippen LogP contribution in [0.15, 0.2) is 22.4 Å². The molecule has 21 heavy (non-hydrogen) atoms. The van der Waals surface area contributed by atoms with Gasteiger partial charge in [-0.2, -0.15) is 0 Å². The number of nitrogens with zero attached hydrogens (tertiary/aromatic N) is 1. The van der Waals surface area contributed by atoms with Crippen molar-refractivity contribution in [1.29, 1.82) is 0 Å². The standard InChI is InChI=1S/C12H12ClN3O3S2/c1-6-3-8(4-9(14)11(6)13)21(18,19)16-12-15-10(5-20-12)7(2)17/h3-5H,14H2,1-2H3,(H,15,16). The minimum absolute atomic E-state index is 0.0125. The fourth-order valence-electron chi connectivity index (χ4n) is 1.57. The van der Waals surface area contributed by atoms with Gasteiger partial charge in [0.25, 0.3) is 10.0 Å². The van der Waals surface area contributed by atoms with Gasteiger partial charge in [-0.15, -0.1) is 11.3 Å². The van der Waals surface area contributed by atoms with Gasteiger partial charge in [0.15, 0.2) is 10.9 Å². The third-order valence-electron chi connectivity index (χ3n) is 2.65. The number of anilines is 2. The van der Waals surface area contributed by atoms with E-state index in [9.17, 15) is 13.2 Å². The predicted octanol–water partition coefficient (Wildman–Crippen LogP) is 2.69. The number of halogens is 1. The van der Waals surface area contributed by atoms with E-state index >= 15 is 0 Å². The molecule has 0 amide bonds. The molecule has 0 aliphatic carbocycles. The Morgan fingerprint density at radius 3 is 2.62 bits per heavy atom. The molecule has 0 radical (unpaired) electrons. The van der Waals surface area contributed by atoms with Crippen LogP contribution in [-0.2, 0) is 10.0 Å². The number of hydrogen-bond donors (Lipinski definition) is 2. The highest BCUT2D eigenvalue weighted by Gasteiger charge is 2.19. The number of rotatable bonds is 4. The Morgan fingerprint density at radius 2 is 2.10 bits per heavy atom. The van der Waals surface area contributed by atoms with Crippen LogP contribution in [0.5, 0.6) is 0 Å². The molecule has 0 bridgehead atoms. The largest absolute Gasteiger partial charge is 0.397 e. The summed E-state index contributed by atoms with van der Waals surface area (Å²) in [7, 11) is -3.84. The molecule has 0 spiro atoms. The molecular weight excluding hydrogens is 334 g/mol. The number of ketones is 1. The first-order chi connectivity index (χ1) is 9.70. The monoisotopic (exact) mass is 345 g/mol. The molecule has 6 nitrogen and oxygen atoms in total. The lowest BCUT2D eigenvalue weighted by Gasteiger charge is -2.09. The number of aromatic nitrogens is 1. The summed E-state index contributed by atoms with van der Waals surface area (Å²) in [5, 5.41) is 1.93. The van der Waals surface area contributed by atoms with E-state index in [-0.39, 0.29) is 27.2 Å². The molecule has 1 aromatic heterocycles. The highest BCUT2D eigenvalue weighted by Crippen LogP contribution is 2.28. The van der Waals surface area contributed by atoms with E-state index in [1.54, 1.807) is 6.92 Å². The van der Waals surface area contributed by atoms with Gasteiger partial charge in [0, 0.05) is 12.3 Å². The minimum atomic E-state index is -3.84. The molecule has 0 atom stereocenters. The number of nitrogens with one attached hydrogen (secondary N) is 1. The van der Waals surface area contributed by atoms with Crippen LogP contribution in [0.25, 0.3) is 0 Å². The molecule has 0 saturated carbocycles. The van der Waals surface area contributed by atoms with Gasteiger partial charge in [0.05, 0.1) is 15.6 Å². The zero-order valence-corrected chi connectivity index (χ0v) is 13.6. The zero-order chi connectivity index (χ0) is 15.8. The number of carbonyl (C=O) groups is 1. The van der Waals surface area contributed by atoms with Crippen LogP contribution in [0, 0.1) is 6.92 Å². The van der Waals surface area contributed by atoms with Crippen LogP contribution in [0.4, 0.5) is 10.8 Å². The van der Waals surface area contributed by atoms with Crippen molar-refractivity contribution in [3.05, 3.63) is 33.8 Å². The zero-order valence-electron chi connectivity index (χ0n) is 11.2. The van der Waals surface area contributed by atoms with Crippen molar-refractivity contribution >= 4 is 49.6 Å². The quantitative estimate of drug-likeness (QED) is 0.655. The van der Waals surface area contributed by atoms with Crippen molar-refractivity contribution in [3.8, 4) is 0 Å². The molecule has 0 fully saturated rings. The van der Waals surface area contributed by atoms with E-state index in [1.807, 2.05) is 0 Å². The van der Waals surface area contributed by atoms with Crippen molar-refractivity contribution in [2.24, 2.45) is 0 Å². The second-order valence-corrected chi connectivity index (χ2v) is 7.26. The molecule has 112 valence electrons. The van der Waals surface area contributed by atoms with Crippen molar-refractivity contribution in [2.45, 2.75) is 18.7 Å². The maximum Gasteiger partial charge on any atom is 0.263 e. The maximum atomic E-state index is 12.3. The van der Waals surface area contributed by atoms with E-state index in [4.69, 9.17) is 17.3 Å². The predicted molar refractivity (Wildman–Crippen MR) is 83.5 cm³/mol. The van der Waals surface area contributed by atoms with E-state index in [0.717, 1.165) is 11.3 Å². The Kier molecular flexibility index (Phi) is 4.22. The Labute approximate surface area is 131 Å². The first-order valence-corrected chi connectivity index (χ1v) is 8.49. The van der Waals surface area contributed by atoms with Crippen LogP contribution >= 0.6 is 22.9 Å². The molecule has 1 heterocycles. The summed E-state index contributed by atoms with van der Waals surface area (Å²) in [6.45, 7) is 3.02. The van der Waals surface area contributed by atoms with Crippen molar-refractivity contribution in [1.82, 2.24) is 4.98 Å². The van der Waals surface area contributed by atoms with Crippen molar-refractivity contribution in [2.75, 3.05) is 10.5 Å². The van der Waals surface area contributed by atoms with Crippen LogP contribution in [0.2, 0.25) is 5.02 Å². The summed E-state index contributed by atoms with van der Waals surface area (Å²) in [5.74, 6) is -0.233. The van der Waals surface area contributed by atoms with Gasteiger partial charge in [-0.3, -0.25) is 9.52 Å². The summed E-state index contributed by atoms with van der Waals surface area (Å²) < 4.78 is 26.8. The highest BCUT2D eigenvalue weighted by atomic mass is 35.5. The van der Waals surface area contributed by atoms with Gasteiger partial charge in [-0.05, 0) is 24.6 Å². The Bertz CT molecular complexity index is 792. The number of hydrogen-bond acceptors (Lipinski definition) is 6. The number of aryl methyl sites for hydroxylation is 1. The summed E-state index contributed by atoms with van der Waals surface area (Å²) in [4.78, 5) is 15.0. The molecule has 0 aliphatic rings. The fourth-order valence-corrected chi connectivity index (χ4v) is 3.81. The average Bonchev–Trinajstić information content (AvgIpc) is 2.83. The summed E-state index contributed by atoms with van der Waals surface area (Å²) in [6.07, 6.45) is 0. The summed E-state index contributed by atoms with van der Waals surface area (Å²) in [6, 6.07) is 2.69. The number of nitrogens with two attached hydrogens (primary N) is 1. The van der Waals surface area contributed by atoms with Gasteiger partial charge < -0.3 is 5.73 Å². The van der Waals surface area contributed by atoms with Gasteiger partial charge in [-0.25, -0.2) is 13.4 Å². The molecule has 2 aromatic rings. The van der Waals surface area contributed by atoms with Gasteiger partial charge in [-0.1, -0.05) is 11.6 Å². The molecule has 3 N–H and O–H groups in total. The van der Waals surface area contributed by atoms with Crippen LogP contribution in [-0.4, -0.2) is 19.2 Å². The van der Waals surface area contributed by atoms with E-state index < -0.39 is 10.0 Å². The summed E-state index contributed by atoms with van der Waals surface area (Å²) >= 11 is 6.94. The Balaban J connectivity index is 2.36. The topological polar surface area (TPSA) is 102 Å². The molecular formula is C12H12ClN3O3S2. The van der Waals surface area contributed by atoms with E-state index in [0.29, 0.717) is 10.6 Å². The third kappa shape index (κ3) is 3.34. The maximum absolute atomic E-state index is 12.3. The van der Waals surface area contributed by atoms with E-state index in [2.05, 4.69) is 9.71 Å². The van der Waals surface area contributed by atoms with Crippen LogP contribution < -0.4 is 10.5 Å². The SMILES string of the molecule is CC(=O)c1csc(NS(=O)(=O)c2cc(C)c(Cl)c(N)c2)n1. The number of nitrogen functional groups attached to an aromatic ring is 1. The molecule has 2 rings (SSSR count). The first-order valence-electron chi connectivity index (χ1n) is 5.75. The van der Waals surface area contributed by atoms with Crippen molar-refractivity contribution in [3.63, 3.8) is 0 Å². The lowest BCUT2D eigenvalue weighted by molar-refractivity contribution is 0.101. The molecule has 9 heteroatoms. The van der Waals surface area contributed by atoms with Gasteiger partial charge in [0.2, 0.25) is 0 Å². The average molecular weight is 346 g/mol. The lowest BCUT2D eigenvalue weighted by atomic mass is 10.2. The first kappa shape index (κ1) is 15.7. The molecule has 1 aromatic carbocycles. The van der Waals surface area contributed by atoms with Crippen LogP contribution in [0.1, 0.15) is 23.0 Å². The second kappa shape index (κ2) is 5.63. The minimum Gasteiger partial charge on any atom is -0.397 e. The third-order valence-corrected chi connectivity index (χ3v) is 5.37. The number of Topliss-reactive ketones (excluding diaryl/α,β-unsaturated/α-hetero) is 1.